The molecule has 0 aliphatic carbocycles. The average molecular weight is 1080 g/mol. The topological polar surface area (TPSA) is 3.24 Å². The van der Waals surface area contributed by atoms with Crippen LogP contribution >= 0.6 is 0 Å². The van der Waals surface area contributed by atoms with Crippen LogP contribution in [0.1, 0.15) is 135 Å². The fourth-order valence-corrected chi connectivity index (χ4v) is 9.41. The van der Waals surface area contributed by atoms with Crippen molar-refractivity contribution in [2.45, 2.75) is 116 Å². The zero-order valence-corrected chi connectivity index (χ0v) is 49.3. The van der Waals surface area contributed by atoms with Crippen molar-refractivity contribution < 1.29 is 98.1 Å². The van der Waals surface area contributed by atoms with Crippen LogP contribution in [0.3, 0.4) is 0 Å². The van der Waals surface area contributed by atoms with Crippen molar-refractivity contribution in [3.8, 4) is 0 Å². The molecule has 0 saturated heterocycles. The molecule has 1 nitrogen and oxygen atoms in total. The van der Waals surface area contributed by atoms with E-state index in [0.29, 0.717) is 0 Å². The summed E-state index contributed by atoms with van der Waals surface area (Å²) in [4.78, 5) is 2.21. The van der Waals surface area contributed by atoms with Crippen molar-refractivity contribution in [1.29, 1.82) is 0 Å². The van der Waals surface area contributed by atoms with Gasteiger partial charge in [-0.25, -0.2) is 5.69 Å². The molecule has 0 N–H and O–H groups in total. The fourth-order valence-electron chi connectivity index (χ4n) is 9.41. The Morgan fingerprint density at radius 3 is 1.25 bits per heavy atom. The summed E-state index contributed by atoms with van der Waals surface area (Å²) in [7, 11) is 0. The summed E-state index contributed by atoms with van der Waals surface area (Å²) < 4.78 is 0. The molecular weight excluding hydrogens is 1010 g/mol. The molecule has 0 fully saturated rings. The van der Waals surface area contributed by atoms with Crippen LogP contribution in [0.25, 0.3) is 0 Å². The van der Waals surface area contributed by atoms with Gasteiger partial charge in [0.15, 0.2) is 0 Å². The summed E-state index contributed by atoms with van der Waals surface area (Å²) in [5.41, 5.74) is 23.0. The third-order valence-corrected chi connectivity index (χ3v) is 11.4. The number of benzene rings is 7. The van der Waals surface area contributed by atoms with Crippen molar-refractivity contribution in [1.82, 2.24) is 0 Å². The maximum atomic E-state index is 3.95. The van der Waals surface area contributed by atoms with Gasteiger partial charge in [0.2, 0.25) is 6.71 Å². The predicted octanol–water partition coefficient (Wildman–Crippen LogP) is 11.8. The smallest absolute Gasteiger partial charge is 0.242 e. The molecule has 0 spiro atoms. The van der Waals surface area contributed by atoms with E-state index in [1.807, 2.05) is 107 Å². The Morgan fingerprint density at radius 1 is 0.385 bits per heavy atom. The Labute approximate surface area is 473 Å². The summed E-state index contributed by atoms with van der Waals surface area (Å²) in [5.74, 6) is 0. The summed E-state index contributed by atoms with van der Waals surface area (Å²) in [5, 5.41) is 0. The van der Waals surface area contributed by atoms with Gasteiger partial charge in [0.1, 0.15) is 6.71 Å². The van der Waals surface area contributed by atoms with Gasteiger partial charge in [0.05, 0.1) is 0 Å². The Kier molecular flexibility index (Phi) is 28.3. The SMILES string of the molecule is C.CC.CC.CC.CC.CC.CC.[Y].[Y].[Y].[c-]1ccccc1N(c1[c-]c2c3c([c-]1)Cc1cc4c(cc1B3c1ccccc1C2)B1c2ccccc2Cc2cccc(c21)C4)c1[c-]cccc1. The molecule has 0 bridgehead atoms. The first-order chi connectivity index (χ1) is 30.3. The van der Waals surface area contributed by atoms with Gasteiger partial charge in [-0.3, -0.25) is 16.6 Å². The van der Waals surface area contributed by atoms with Gasteiger partial charge in [0, 0.05) is 98.1 Å². The molecule has 11 rings (SSSR count). The van der Waals surface area contributed by atoms with Crippen molar-refractivity contribution in [2.24, 2.45) is 0 Å². The minimum absolute atomic E-state index is 0. The molecule has 6 heteroatoms. The number of para-hydroxylation sites is 2. The van der Waals surface area contributed by atoms with Crippen LogP contribution in [0, 0.1) is 24.3 Å². The first kappa shape index (κ1) is 60.8. The van der Waals surface area contributed by atoms with E-state index in [2.05, 4.69) is 132 Å². The van der Waals surface area contributed by atoms with E-state index in [1.54, 1.807) is 5.46 Å². The number of hydrogen-bond donors (Lipinski definition) is 0. The van der Waals surface area contributed by atoms with E-state index in [0.717, 1.165) is 42.7 Å². The van der Waals surface area contributed by atoms with Gasteiger partial charge in [-0.15, -0.1) is 12.1 Å². The summed E-state index contributed by atoms with van der Waals surface area (Å²) in [6, 6.07) is 61.6. The van der Waals surface area contributed by atoms with E-state index in [4.69, 9.17) is 0 Å². The molecular formula is C59H69B2NY3-4. The minimum atomic E-state index is 0. The number of nitrogens with zero attached hydrogens (tertiary/aromatic N) is 1. The quantitative estimate of drug-likeness (QED) is 0.126. The van der Waals surface area contributed by atoms with Crippen LogP contribution in [0.4, 0.5) is 17.1 Å². The van der Waals surface area contributed by atoms with Gasteiger partial charge in [-0.2, -0.15) is 48.5 Å². The van der Waals surface area contributed by atoms with Crippen molar-refractivity contribution in [3.63, 3.8) is 0 Å². The largest absolute Gasteiger partial charge is 0.405 e. The fraction of sp³-hybridized carbons (Fsp3) is 0.288. The molecule has 7 aromatic carbocycles. The van der Waals surface area contributed by atoms with Gasteiger partial charge in [-0.1, -0.05) is 219 Å². The standard InChI is InChI=1S/C46H29B2N.6C2H6.CH4.3Y/c1-3-16-38(17-4-1)49(39-18-5-2-6-19-39)40-27-36-23-31-13-8-10-21-42(31)48-44-29-43-34(25-35(44)26-37(28-40)46(36)48)24-33-15-11-14-32-22-30-12-7-9-20-41(30)47(43)45(32)33;6*1-2;;;;/h1-16,18,20-21,25,29H,22-24,26H2;6*1-2H3;1H4;;;/q-4;;;;;;;;;;. The van der Waals surface area contributed by atoms with Crippen molar-refractivity contribution >= 4 is 63.3 Å². The van der Waals surface area contributed by atoms with E-state index < -0.39 is 0 Å². The second-order valence-electron chi connectivity index (χ2n) is 14.0. The third kappa shape index (κ3) is 12.3. The Morgan fingerprint density at radius 2 is 0.769 bits per heavy atom. The maximum Gasteiger partial charge on any atom is 0.242 e. The molecule has 7 aromatic rings. The third-order valence-electron chi connectivity index (χ3n) is 11.4. The molecule has 4 aliphatic rings. The number of fused-ring (bicyclic) bond motifs is 8. The molecule has 0 amide bonds. The minimum Gasteiger partial charge on any atom is -0.405 e. The van der Waals surface area contributed by atoms with Gasteiger partial charge < -0.3 is 17.0 Å². The first-order valence-electron chi connectivity index (χ1n) is 23.4. The Balaban J connectivity index is 0.00000123. The summed E-state index contributed by atoms with van der Waals surface area (Å²) >= 11 is 0. The average Bonchev–Trinajstić information content (AvgIpc) is 3.35. The second-order valence-corrected chi connectivity index (χ2v) is 14.0. The second kappa shape index (κ2) is 30.3. The normalized spacial score (nSPS) is 11.2. The summed E-state index contributed by atoms with van der Waals surface area (Å²) in [6.45, 7) is 24.4. The predicted molar refractivity (Wildman–Crippen MR) is 278 cm³/mol. The van der Waals surface area contributed by atoms with Crippen LogP contribution in [-0.2, 0) is 124 Å². The molecule has 65 heavy (non-hydrogen) atoms. The van der Waals surface area contributed by atoms with Crippen LogP contribution < -0.4 is 37.7 Å². The van der Waals surface area contributed by atoms with Gasteiger partial charge in [-0.05, 0) is 47.9 Å². The Bertz CT molecular complexity index is 2450. The molecule has 0 saturated carbocycles. The number of hydrogen-bond acceptors (Lipinski definition) is 1. The maximum absolute atomic E-state index is 3.95. The van der Waals surface area contributed by atoms with E-state index in [1.165, 1.54) is 71.8 Å². The van der Waals surface area contributed by atoms with Crippen molar-refractivity contribution in [3.05, 3.63) is 196 Å². The molecule has 4 aliphatic heterocycles. The van der Waals surface area contributed by atoms with Crippen LogP contribution in [0.2, 0.25) is 0 Å². The van der Waals surface area contributed by atoms with E-state index >= 15 is 0 Å². The van der Waals surface area contributed by atoms with E-state index in [9.17, 15) is 0 Å². The molecule has 3 radical (unpaired) electrons. The number of anilines is 3. The molecule has 329 valence electrons. The molecule has 0 atom stereocenters. The van der Waals surface area contributed by atoms with Gasteiger partial charge in [0.25, 0.3) is 0 Å². The summed E-state index contributed by atoms with van der Waals surface area (Å²) in [6.07, 6.45) is 3.75. The number of rotatable bonds is 3. The zero-order valence-electron chi connectivity index (χ0n) is 40.8. The zero-order chi connectivity index (χ0) is 44.1. The van der Waals surface area contributed by atoms with E-state index in [-0.39, 0.29) is 119 Å². The van der Waals surface area contributed by atoms with Crippen LogP contribution in [-0.4, -0.2) is 13.4 Å². The van der Waals surface area contributed by atoms with Gasteiger partial charge >= 0.3 is 0 Å². The molecule has 4 heterocycles. The van der Waals surface area contributed by atoms with Crippen LogP contribution in [0.5, 0.6) is 0 Å². The monoisotopic (exact) mass is 1080 g/mol. The first-order valence-corrected chi connectivity index (χ1v) is 23.4. The molecule has 0 aromatic heterocycles. The Hall–Kier alpha value is -2.22. The molecule has 0 unspecified atom stereocenters. The van der Waals surface area contributed by atoms with Crippen molar-refractivity contribution in [2.75, 3.05) is 4.90 Å². The van der Waals surface area contributed by atoms with Crippen LogP contribution in [0.15, 0.2) is 127 Å².